The number of hydrogen-bond donors (Lipinski definition) is 0. The largest absolute Gasteiger partial charge is 0.497 e. The van der Waals surface area contributed by atoms with Crippen molar-refractivity contribution in [1.29, 1.82) is 0 Å². The van der Waals surface area contributed by atoms with Crippen LogP contribution in [0.15, 0.2) is 62.6 Å². The number of hydrogen-bond acceptors (Lipinski definition) is 7. The molecule has 4 rings (SSSR count). The van der Waals surface area contributed by atoms with Gasteiger partial charge >= 0.3 is 5.97 Å². The number of anilines is 1. The molecule has 0 saturated heterocycles. The number of rotatable bonds is 4. The molecule has 0 aliphatic carbocycles. The van der Waals surface area contributed by atoms with Gasteiger partial charge in [-0.2, -0.15) is 0 Å². The van der Waals surface area contributed by atoms with E-state index >= 15 is 0 Å². The fourth-order valence-electron chi connectivity index (χ4n) is 4.00. The molecule has 0 N–H and O–H groups in total. The molecule has 176 valence electrons. The van der Waals surface area contributed by atoms with Crippen molar-refractivity contribution in [3.8, 4) is 5.75 Å². The van der Waals surface area contributed by atoms with Gasteiger partial charge in [0.25, 0.3) is 5.91 Å². The predicted octanol–water partition coefficient (Wildman–Crippen LogP) is 6.45. The first-order valence-corrected chi connectivity index (χ1v) is 12.9. The van der Waals surface area contributed by atoms with E-state index in [9.17, 15) is 9.59 Å². The number of ether oxygens (including phenoxy) is 2. The minimum atomic E-state index is -0.784. The molecule has 34 heavy (non-hydrogen) atoms. The molecule has 2 aromatic carbocycles. The lowest BCUT2D eigenvalue weighted by atomic mass is 9.82. The normalized spacial score (nSPS) is 19.2. The molecule has 0 unspecified atom stereocenters. The van der Waals surface area contributed by atoms with Crippen LogP contribution in [-0.4, -0.2) is 36.0 Å². The summed E-state index contributed by atoms with van der Waals surface area (Å²) in [6.07, 6.45) is 0. The van der Waals surface area contributed by atoms with Crippen molar-refractivity contribution in [2.24, 2.45) is 0 Å². The van der Waals surface area contributed by atoms with Crippen LogP contribution in [0, 0.1) is 0 Å². The number of fused-ring (bicyclic) bond motifs is 1. The number of allylic oxidation sites excluding steroid dienone is 1. The van der Waals surface area contributed by atoms with E-state index in [1.807, 2.05) is 57.2 Å². The molecular weight excluding hydrogens is 486 g/mol. The smallest absolute Gasteiger partial charge is 0.345 e. The zero-order valence-electron chi connectivity index (χ0n) is 19.6. The Morgan fingerprint density at radius 3 is 2.44 bits per heavy atom. The maximum Gasteiger partial charge on any atom is 0.345 e. The minimum Gasteiger partial charge on any atom is -0.497 e. The van der Waals surface area contributed by atoms with Crippen molar-refractivity contribution < 1.29 is 19.1 Å². The summed E-state index contributed by atoms with van der Waals surface area (Å²) in [7, 11) is 1.61. The fourth-order valence-corrected chi connectivity index (χ4v) is 7.03. The molecule has 2 heterocycles. The fraction of sp³-hybridized carbons (Fsp3) is 0.269. The van der Waals surface area contributed by atoms with Gasteiger partial charge in [0.15, 0.2) is 0 Å². The third-order valence-corrected chi connectivity index (χ3v) is 9.00. The average molecular weight is 512 g/mol. The quantitative estimate of drug-likeness (QED) is 0.266. The first-order valence-electron chi connectivity index (χ1n) is 10.8. The third-order valence-electron chi connectivity index (χ3n) is 5.70. The number of nitrogens with zero attached hydrogens (tertiary/aromatic N) is 1. The van der Waals surface area contributed by atoms with Gasteiger partial charge in [-0.1, -0.05) is 53.9 Å². The van der Waals surface area contributed by atoms with Gasteiger partial charge in [0.2, 0.25) is 0 Å². The Labute approximate surface area is 213 Å². The van der Waals surface area contributed by atoms with Crippen LogP contribution in [0.5, 0.6) is 5.75 Å². The van der Waals surface area contributed by atoms with E-state index in [1.54, 1.807) is 31.1 Å². The van der Waals surface area contributed by atoms with Gasteiger partial charge in [-0.15, -0.1) is 0 Å². The summed E-state index contributed by atoms with van der Waals surface area (Å²) < 4.78 is 11.7. The van der Waals surface area contributed by atoms with Crippen molar-refractivity contribution in [1.82, 2.24) is 0 Å². The summed E-state index contributed by atoms with van der Waals surface area (Å²) in [5, 5.41) is 0. The van der Waals surface area contributed by atoms with Crippen LogP contribution in [0.1, 0.15) is 43.6 Å². The molecule has 2 aliphatic rings. The second kappa shape index (κ2) is 9.60. The zero-order valence-corrected chi connectivity index (χ0v) is 22.1. The molecule has 1 amide bonds. The number of carbonyl (C=O) groups excluding carboxylic acids is 2. The molecule has 5 nitrogen and oxygen atoms in total. The van der Waals surface area contributed by atoms with Gasteiger partial charge < -0.3 is 9.47 Å². The lowest BCUT2D eigenvalue weighted by molar-refractivity contribution is -0.137. The third kappa shape index (κ3) is 4.19. The van der Waals surface area contributed by atoms with E-state index < -0.39 is 5.54 Å². The first kappa shape index (κ1) is 24.6. The van der Waals surface area contributed by atoms with E-state index in [1.165, 1.54) is 23.5 Å². The lowest BCUT2D eigenvalue weighted by Gasteiger charge is -2.45. The Morgan fingerprint density at radius 1 is 1.09 bits per heavy atom. The average Bonchev–Trinajstić information content (AvgIpc) is 3.21. The molecule has 0 bridgehead atoms. The van der Waals surface area contributed by atoms with Crippen LogP contribution in [0.2, 0.25) is 0 Å². The van der Waals surface area contributed by atoms with Gasteiger partial charge in [0, 0.05) is 21.6 Å². The van der Waals surface area contributed by atoms with E-state index in [-0.39, 0.29) is 11.9 Å². The van der Waals surface area contributed by atoms with Crippen molar-refractivity contribution in [3.05, 3.63) is 73.7 Å². The number of carbonyl (C=O) groups is 2. The van der Waals surface area contributed by atoms with Crippen molar-refractivity contribution in [2.75, 3.05) is 18.6 Å². The van der Waals surface area contributed by atoms with Crippen LogP contribution in [0.4, 0.5) is 5.69 Å². The highest BCUT2D eigenvalue weighted by atomic mass is 32.2. The lowest BCUT2D eigenvalue weighted by Crippen LogP contribution is -2.55. The highest BCUT2D eigenvalue weighted by Crippen LogP contribution is 2.56. The summed E-state index contributed by atoms with van der Waals surface area (Å²) in [6, 6.07) is 14.8. The van der Waals surface area contributed by atoms with Crippen LogP contribution in [-0.2, 0) is 9.53 Å². The molecule has 0 atom stereocenters. The summed E-state index contributed by atoms with van der Waals surface area (Å²) in [5.41, 5.74) is 2.20. The van der Waals surface area contributed by atoms with Crippen LogP contribution < -0.4 is 9.64 Å². The number of benzene rings is 2. The minimum absolute atomic E-state index is 0.128. The van der Waals surface area contributed by atoms with Crippen LogP contribution in [0.3, 0.4) is 0 Å². The van der Waals surface area contributed by atoms with Crippen molar-refractivity contribution >= 4 is 63.7 Å². The van der Waals surface area contributed by atoms with Gasteiger partial charge in [-0.3, -0.25) is 9.69 Å². The molecule has 0 aromatic heterocycles. The predicted molar refractivity (Wildman–Crippen MR) is 144 cm³/mol. The van der Waals surface area contributed by atoms with Crippen molar-refractivity contribution in [2.45, 2.75) is 33.2 Å². The summed E-state index contributed by atoms with van der Waals surface area (Å²) in [6.45, 7) is 7.93. The maximum absolute atomic E-state index is 13.7. The summed E-state index contributed by atoms with van der Waals surface area (Å²) in [4.78, 5) is 30.0. The standard InChI is InChI=1S/C26H25NO4S3/c1-6-31-24(29)21-15(2)33-25(34-21)20-18-14-17(30-5)12-13-19(18)27(26(3,4)22(20)32)23(28)16-10-8-7-9-11-16/h7-14H,6H2,1-5H3. The van der Waals surface area contributed by atoms with E-state index in [4.69, 9.17) is 21.7 Å². The Balaban J connectivity index is 1.89. The number of amides is 1. The number of thioether (sulfide) groups is 2. The van der Waals surface area contributed by atoms with Gasteiger partial charge in [-0.05, 0) is 58.0 Å². The zero-order chi connectivity index (χ0) is 24.6. The maximum atomic E-state index is 13.7. The number of esters is 1. The monoisotopic (exact) mass is 511 g/mol. The van der Waals surface area contributed by atoms with Crippen LogP contribution >= 0.6 is 35.7 Å². The molecule has 2 aliphatic heterocycles. The number of methoxy groups -OCH3 is 1. The molecular formula is C26H25NO4S3. The highest BCUT2D eigenvalue weighted by Gasteiger charge is 2.45. The van der Waals surface area contributed by atoms with Gasteiger partial charge in [0.05, 0.1) is 34.0 Å². The summed E-state index contributed by atoms with van der Waals surface area (Å²) >= 11 is 8.93. The second-order valence-corrected chi connectivity index (χ2v) is 11.2. The molecule has 0 radical (unpaired) electrons. The van der Waals surface area contributed by atoms with E-state index in [2.05, 4.69) is 0 Å². The topological polar surface area (TPSA) is 55.8 Å². The Bertz CT molecular complexity index is 1250. The van der Waals surface area contributed by atoms with Gasteiger partial charge in [0.1, 0.15) is 10.7 Å². The Morgan fingerprint density at radius 2 is 1.79 bits per heavy atom. The SMILES string of the molecule is CCOC(=O)C1=C(C)SC(=C2C(=S)C(C)(C)N(C(=O)c3ccccc3)c3ccc(OC)cc32)S1. The van der Waals surface area contributed by atoms with Crippen molar-refractivity contribution in [3.63, 3.8) is 0 Å². The van der Waals surface area contributed by atoms with E-state index in [0.717, 1.165) is 26.0 Å². The molecule has 0 spiro atoms. The van der Waals surface area contributed by atoms with Gasteiger partial charge in [-0.25, -0.2) is 4.79 Å². The highest BCUT2D eigenvalue weighted by molar-refractivity contribution is 8.29. The molecule has 8 heteroatoms. The summed E-state index contributed by atoms with van der Waals surface area (Å²) in [5.74, 6) is 0.201. The van der Waals surface area contributed by atoms with E-state index in [0.29, 0.717) is 27.7 Å². The second-order valence-electron chi connectivity index (χ2n) is 8.25. The Kier molecular flexibility index (Phi) is 6.94. The Hall–Kier alpha value is -2.55. The van der Waals surface area contributed by atoms with Crippen LogP contribution in [0.25, 0.3) is 5.57 Å². The first-order chi connectivity index (χ1) is 16.2. The molecule has 0 saturated carbocycles. The molecule has 2 aromatic rings. The number of thiocarbonyl (C=S) groups is 1. The molecule has 0 fully saturated rings.